The van der Waals surface area contributed by atoms with Crippen molar-refractivity contribution in [3.05, 3.63) is 75.3 Å². The number of benzene rings is 2. The Balaban J connectivity index is 1.45. The van der Waals surface area contributed by atoms with Crippen molar-refractivity contribution in [2.75, 3.05) is 12.1 Å². The van der Waals surface area contributed by atoms with Gasteiger partial charge in [-0.1, -0.05) is 30.0 Å². The molecule has 5 rings (SSSR count). The number of carbonyl (C=O) groups is 1. The third-order valence-corrected chi connectivity index (χ3v) is 5.96. The van der Waals surface area contributed by atoms with E-state index in [2.05, 4.69) is 15.3 Å². The first-order valence-electron chi connectivity index (χ1n) is 9.27. The second-order valence-electron chi connectivity index (χ2n) is 6.97. The van der Waals surface area contributed by atoms with E-state index < -0.39 is 5.92 Å². The van der Waals surface area contributed by atoms with Gasteiger partial charge in [-0.3, -0.25) is 9.59 Å². The number of anilines is 1. The number of ether oxygens (including phenoxy) is 2. The average Bonchev–Trinajstić information content (AvgIpc) is 3.20. The van der Waals surface area contributed by atoms with Gasteiger partial charge in [-0.25, -0.2) is 9.37 Å². The van der Waals surface area contributed by atoms with Gasteiger partial charge in [0, 0.05) is 18.1 Å². The second-order valence-corrected chi connectivity index (χ2v) is 7.93. The zero-order valence-electron chi connectivity index (χ0n) is 15.6. The molecule has 1 atom stereocenters. The summed E-state index contributed by atoms with van der Waals surface area (Å²) in [4.78, 5) is 32.5. The Bertz CT molecular complexity index is 1200. The minimum Gasteiger partial charge on any atom is -0.454 e. The van der Waals surface area contributed by atoms with Crippen molar-refractivity contribution in [1.82, 2.24) is 9.97 Å². The molecule has 7 nitrogen and oxygen atoms in total. The van der Waals surface area contributed by atoms with E-state index in [4.69, 9.17) is 9.47 Å². The normalized spacial score (nSPS) is 16.8. The fourth-order valence-electron chi connectivity index (χ4n) is 3.57. The van der Waals surface area contributed by atoms with Gasteiger partial charge in [0.1, 0.15) is 11.6 Å². The quantitative estimate of drug-likeness (QED) is 0.492. The lowest BCUT2D eigenvalue weighted by Crippen LogP contribution is -2.31. The molecule has 0 spiro atoms. The maximum atomic E-state index is 13.1. The van der Waals surface area contributed by atoms with Crippen LogP contribution in [-0.4, -0.2) is 22.7 Å². The van der Waals surface area contributed by atoms with Crippen LogP contribution < -0.4 is 20.3 Å². The molecule has 0 fully saturated rings. The van der Waals surface area contributed by atoms with Crippen LogP contribution in [0.4, 0.5) is 10.2 Å². The fourth-order valence-corrected chi connectivity index (χ4v) is 4.38. The first-order valence-corrected chi connectivity index (χ1v) is 10.3. The molecule has 0 aliphatic carbocycles. The topological polar surface area (TPSA) is 93.3 Å². The predicted octanol–water partition coefficient (Wildman–Crippen LogP) is 3.40. The molecule has 1 aromatic heterocycles. The summed E-state index contributed by atoms with van der Waals surface area (Å²) in [6.45, 7) is 0.150. The molecule has 1 unspecified atom stereocenters. The van der Waals surface area contributed by atoms with Crippen molar-refractivity contribution < 1.29 is 18.7 Å². The fraction of sp³-hybridized carbons (Fsp3) is 0.190. The summed E-state index contributed by atoms with van der Waals surface area (Å²) in [5.41, 5.74) is 1.79. The van der Waals surface area contributed by atoms with Crippen molar-refractivity contribution in [2.24, 2.45) is 0 Å². The third kappa shape index (κ3) is 3.52. The first kappa shape index (κ1) is 18.7. The lowest BCUT2D eigenvalue weighted by Gasteiger charge is -2.24. The van der Waals surface area contributed by atoms with Crippen LogP contribution in [0, 0.1) is 5.82 Å². The highest BCUT2D eigenvalue weighted by Gasteiger charge is 2.32. The predicted molar refractivity (Wildman–Crippen MR) is 108 cm³/mol. The van der Waals surface area contributed by atoms with E-state index in [1.807, 2.05) is 6.07 Å². The van der Waals surface area contributed by atoms with E-state index in [1.165, 1.54) is 23.9 Å². The number of hydrogen-bond acceptors (Lipinski definition) is 6. The van der Waals surface area contributed by atoms with Crippen LogP contribution in [0.3, 0.4) is 0 Å². The minimum absolute atomic E-state index is 0.138. The van der Waals surface area contributed by atoms with Gasteiger partial charge in [-0.2, -0.15) is 0 Å². The first-order chi connectivity index (χ1) is 14.6. The van der Waals surface area contributed by atoms with Crippen LogP contribution >= 0.6 is 11.8 Å². The summed E-state index contributed by atoms with van der Waals surface area (Å²) in [5.74, 6) is 1.05. The number of aromatic amines is 1. The van der Waals surface area contributed by atoms with Crippen LogP contribution in [0.2, 0.25) is 0 Å². The number of fused-ring (bicyclic) bond motifs is 2. The molecular weight excluding hydrogens is 409 g/mol. The molecule has 2 N–H and O–H groups in total. The molecular formula is C21H16FN3O4S. The van der Waals surface area contributed by atoms with Gasteiger partial charge in [0.2, 0.25) is 12.7 Å². The summed E-state index contributed by atoms with van der Waals surface area (Å²) >= 11 is 1.30. The summed E-state index contributed by atoms with van der Waals surface area (Å²) in [6.07, 6.45) is 0.138. The standard InChI is InChI=1S/C21H16FN3O4S/c22-13-4-1-11(2-5-13)9-30-21-24-19-18(20(27)25-21)14(8-17(26)23-19)12-3-6-15-16(7-12)29-10-28-15/h1-7,14H,8-10H2,(H2,23,24,25,26,27). The molecule has 2 aliphatic rings. The molecule has 0 bridgehead atoms. The number of halogens is 1. The molecule has 0 saturated heterocycles. The van der Waals surface area contributed by atoms with Crippen molar-refractivity contribution in [3.8, 4) is 11.5 Å². The SMILES string of the molecule is O=C1CC(c2ccc3c(c2)OCO3)c2c(nc(SCc3ccc(F)cc3)[nH]c2=O)N1. The molecule has 0 saturated carbocycles. The highest BCUT2D eigenvalue weighted by atomic mass is 32.2. The Kier molecular flexibility index (Phi) is 4.66. The van der Waals surface area contributed by atoms with Crippen molar-refractivity contribution in [2.45, 2.75) is 23.2 Å². The molecule has 3 heterocycles. The van der Waals surface area contributed by atoms with E-state index in [0.29, 0.717) is 28.0 Å². The van der Waals surface area contributed by atoms with Crippen LogP contribution in [0.5, 0.6) is 11.5 Å². The number of H-pyrrole nitrogens is 1. The van der Waals surface area contributed by atoms with Gasteiger partial charge in [0.25, 0.3) is 5.56 Å². The third-order valence-electron chi connectivity index (χ3n) is 5.02. The maximum Gasteiger partial charge on any atom is 0.257 e. The largest absolute Gasteiger partial charge is 0.454 e. The number of amides is 1. The van der Waals surface area contributed by atoms with E-state index >= 15 is 0 Å². The number of hydrogen-bond donors (Lipinski definition) is 2. The number of carbonyl (C=O) groups excluding carboxylic acids is 1. The molecule has 9 heteroatoms. The Morgan fingerprint density at radius 3 is 2.73 bits per heavy atom. The smallest absolute Gasteiger partial charge is 0.257 e. The summed E-state index contributed by atoms with van der Waals surface area (Å²) in [6, 6.07) is 11.5. The van der Waals surface area contributed by atoms with Crippen molar-refractivity contribution >= 4 is 23.5 Å². The van der Waals surface area contributed by atoms with Crippen LogP contribution in [0.15, 0.2) is 52.4 Å². The summed E-state index contributed by atoms with van der Waals surface area (Å²) in [7, 11) is 0. The van der Waals surface area contributed by atoms with Crippen LogP contribution in [0.25, 0.3) is 0 Å². The summed E-state index contributed by atoms with van der Waals surface area (Å²) in [5, 5.41) is 3.09. The second kappa shape index (κ2) is 7.49. The Labute approximate surface area is 174 Å². The van der Waals surface area contributed by atoms with Crippen LogP contribution in [0.1, 0.15) is 29.0 Å². The molecule has 1 amide bonds. The average molecular weight is 425 g/mol. The van der Waals surface area contributed by atoms with Crippen molar-refractivity contribution in [3.63, 3.8) is 0 Å². The van der Waals surface area contributed by atoms with E-state index in [1.54, 1.807) is 24.3 Å². The number of nitrogens with one attached hydrogen (secondary N) is 2. The summed E-state index contributed by atoms with van der Waals surface area (Å²) < 4.78 is 23.8. The lowest BCUT2D eigenvalue weighted by molar-refractivity contribution is -0.116. The zero-order valence-corrected chi connectivity index (χ0v) is 16.4. The Hall–Kier alpha value is -3.33. The van der Waals surface area contributed by atoms with E-state index in [-0.39, 0.29) is 36.3 Å². The molecule has 3 aromatic rings. The van der Waals surface area contributed by atoms with E-state index in [9.17, 15) is 14.0 Å². The Morgan fingerprint density at radius 2 is 1.90 bits per heavy atom. The highest BCUT2D eigenvalue weighted by Crippen LogP contribution is 2.40. The van der Waals surface area contributed by atoms with Crippen LogP contribution in [-0.2, 0) is 10.5 Å². The molecule has 152 valence electrons. The Morgan fingerprint density at radius 1 is 1.10 bits per heavy atom. The molecule has 2 aromatic carbocycles. The van der Waals surface area contributed by atoms with Crippen molar-refractivity contribution in [1.29, 1.82) is 0 Å². The molecule has 0 radical (unpaired) electrons. The maximum absolute atomic E-state index is 13.1. The van der Waals surface area contributed by atoms with E-state index in [0.717, 1.165) is 11.1 Å². The monoisotopic (exact) mass is 425 g/mol. The molecule has 2 aliphatic heterocycles. The van der Waals surface area contributed by atoms with Gasteiger partial charge in [0.05, 0.1) is 5.56 Å². The number of rotatable bonds is 4. The lowest BCUT2D eigenvalue weighted by atomic mass is 9.86. The number of nitrogens with zero attached hydrogens (tertiary/aromatic N) is 1. The van der Waals surface area contributed by atoms with Gasteiger partial charge < -0.3 is 19.8 Å². The minimum atomic E-state index is -0.435. The van der Waals surface area contributed by atoms with Gasteiger partial charge in [-0.05, 0) is 35.4 Å². The number of thioether (sulfide) groups is 1. The van der Waals surface area contributed by atoms with Gasteiger partial charge in [0.15, 0.2) is 16.7 Å². The van der Waals surface area contributed by atoms with Gasteiger partial charge >= 0.3 is 0 Å². The molecule has 30 heavy (non-hydrogen) atoms. The number of aromatic nitrogens is 2. The zero-order chi connectivity index (χ0) is 20.7. The van der Waals surface area contributed by atoms with Gasteiger partial charge in [-0.15, -0.1) is 0 Å². The highest BCUT2D eigenvalue weighted by molar-refractivity contribution is 7.98.